The largest absolute Gasteiger partial charge is 0.497 e. The van der Waals surface area contributed by atoms with E-state index in [-0.39, 0.29) is 12.6 Å². The second-order valence-electron chi connectivity index (χ2n) is 3.68. The van der Waals surface area contributed by atoms with Crippen LogP contribution in [-0.2, 0) is 0 Å². The number of methoxy groups -OCH3 is 1. The number of aliphatic hydroxyl groups is 1. The lowest BCUT2D eigenvalue weighted by atomic mass is 10.0. The molecular formula is C11H16N4O2. The van der Waals surface area contributed by atoms with Crippen LogP contribution in [0.2, 0.25) is 0 Å². The number of nitrogens with zero attached hydrogens (tertiary/aromatic N) is 3. The minimum atomic E-state index is -0.719. The SMILES string of the molecule is COc1ccc([C@@H](N)C[C@@H](O)CN=[N+]=[N-])cc1. The Morgan fingerprint density at radius 1 is 1.47 bits per heavy atom. The van der Waals surface area contributed by atoms with E-state index in [1.54, 1.807) is 7.11 Å². The topological polar surface area (TPSA) is 104 Å². The van der Waals surface area contributed by atoms with Crippen LogP contribution in [-0.4, -0.2) is 24.9 Å². The van der Waals surface area contributed by atoms with Gasteiger partial charge in [-0.2, -0.15) is 0 Å². The molecule has 0 saturated carbocycles. The van der Waals surface area contributed by atoms with Crippen LogP contribution in [0.5, 0.6) is 5.75 Å². The van der Waals surface area contributed by atoms with Gasteiger partial charge in [0.05, 0.1) is 19.8 Å². The molecule has 0 aromatic heterocycles. The van der Waals surface area contributed by atoms with Crippen molar-refractivity contribution < 1.29 is 9.84 Å². The van der Waals surface area contributed by atoms with Crippen molar-refractivity contribution in [1.82, 2.24) is 0 Å². The van der Waals surface area contributed by atoms with Crippen molar-refractivity contribution in [2.75, 3.05) is 13.7 Å². The van der Waals surface area contributed by atoms with E-state index >= 15 is 0 Å². The second-order valence-corrected chi connectivity index (χ2v) is 3.68. The zero-order chi connectivity index (χ0) is 12.7. The molecule has 17 heavy (non-hydrogen) atoms. The number of rotatable bonds is 6. The number of azide groups is 1. The molecule has 0 bridgehead atoms. The van der Waals surface area contributed by atoms with Crippen LogP contribution in [0, 0.1) is 0 Å². The van der Waals surface area contributed by atoms with Crippen LogP contribution in [0.3, 0.4) is 0 Å². The van der Waals surface area contributed by atoms with Crippen molar-refractivity contribution in [2.45, 2.75) is 18.6 Å². The lowest BCUT2D eigenvalue weighted by Gasteiger charge is -2.15. The molecule has 92 valence electrons. The fourth-order valence-corrected chi connectivity index (χ4v) is 1.49. The number of nitrogens with two attached hydrogens (primary N) is 1. The molecule has 0 aliphatic rings. The molecule has 0 heterocycles. The predicted octanol–water partition coefficient (Wildman–Crippen LogP) is 1.76. The van der Waals surface area contributed by atoms with E-state index in [1.165, 1.54) is 0 Å². The van der Waals surface area contributed by atoms with E-state index in [0.717, 1.165) is 11.3 Å². The fourth-order valence-electron chi connectivity index (χ4n) is 1.49. The first-order valence-corrected chi connectivity index (χ1v) is 5.25. The van der Waals surface area contributed by atoms with Crippen LogP contribution in [0.25, 0.3) is 10.4 Å². The van der Waals surface area contributed by atoms with Gasteiger partial charge in [0.2, 0.25) is 0 Å². The summed E-state index contributed by atoms with van der Waals surface area (Å²) in [4.78, 5) is 2.59. The van der Waals surface area contributed by atoms with Crippen molar-refractivity contribution >= 4 is 0 Å². The van der Waals surface area contributed by atoms with Gasteiger partial charge in [0.25, 0.3) is 0 Å². The standard InChI is InChI=1S/C11H16N4O2/c1-17-10-4-2-8(3-5-10)11(12)6-9(16)7-14-15-13/h2-5,9,11,16H,6-7,12H2,1H3/t9-,11+/m1/s1. The summed E-state index contributed by atoms with van der Waals surface area (Å²) >= 11 is 0. The Balaban J connectivity index is 2.56. The van der Waals surface area contributed by atoms with Gasteiger partial charge >= 0.3 is 0 Å². The van der Waals surface area contributed by atoms with E-state index in [0.29, 0.717) is 6.42 Å². The number of benzene rings is 1. The highest BCUT2D eigenvalue weighted by Gasteiger charge is 2.11. The van der Waals surface area contributed by atoms with Crippen LogP contribution >= 0.6 is 0 Å². The first-order chi connectivity index (χ1) is 8.17. The highest BCUT2D eigenvalue weighted by molar-refractivity contribution is 5.28. The summed E-state index contributed by atoms with van der Waals surface area (Å²) in [5.41, 5.74) is 15.0. The number of hydrogen-bond donors (Lipinski definition) is 2. The summed E-state index contributed by atoms with van der Waals surface area (Å²) in [7, 11) is 1.60. The minimum absolute atomic E-state index is 0.0420. The van der Waals surface area contributed by atoms with Crippen molar-refractivity contribution in [3.05, 3.63) is 40.3 Å². The smallest absolute Gasteiger partial charge is 0.118 e. The lowest BCUT2D eigenvalue weighted by molar-refractivity contribution is 0.163. The molecule has 0 aliphatic carbocycles. The molecule has 1 aromatic carbocycles. The Labute approximate surface area is 99.6 Å². The Morgan fingerprint density at radius 2 is 2.12 bits per heavy atom. The zero-order valence-corrected chi connectivity index (χ0v) is 9.65. The van der Waals surface area contributed by atoms with Crippen LogP contribution in [0.1, 0.15) is 18.0 Å². The molecule has 2 atom stereocenters. The van der Waals surface area contributed by atoms with Crippen molar-refractivity contribution in [1.29, 1.82) is 0 Å². The van der Waals surface area contributed by atoms with Gasteiger partial charge in [-0.15, -0.1) is 0 Å². The van der Waals surface area contributed by atoms with E-state index in [1.807, 2.05) is 24.3 Å². The van der Waals surface area contributed by atoms with Crippen molar-refractivity contribution in [2.24, 2.45) is 10.8 Å². The molecule has 1 rings (SSSR count). The second kappa shape index (κ2) is 6.75. The Bertz CT molecular complexity index is 387. The van der Waals surface area contributed by atoms with Crippen molar-refractivity contribution in [3.63, 3.8) is 0 Å². The number of aliphatic hydroxyl groups excluding tert-OH is 1. The van der Waals surface area contributed by atoms with Crippen molar-refractivity contribution in [3.8, 4) is 5.75 Å². The average Bonchev–Trinajstić information content (AvgIpc) is 2.36. The molecule has 0 radical (unpaired) electrons. The third-order valence-electron chi connectivity index (χ3n) is 2.43. The Kier molecular flexibility index (Phi) is 5.29. The van der Waals surface area contributed by atoms with Crippen LogP contribution in [0.4, 0.5) is 0 Å². The number of ether oxygens (including phenoxy) is 1. The van der Waals surface area contributed by atoms with Gasteiger partial charge in [0, 0.05) is 11.0 Å². The summed E-state index contributed by atoms with van der Waals surface area (Å²) in [6.45, 7) is 0.0420. The van der Waals surface area contributed by atoms with E-state index < -0.39 is 6.10 Å². The molecule has 0 aliphatic heterocycles. The molecule has 0 amide bonds. The molecule has 0 spiro atoms. The van der Waals surface area contributed by atoms with Crippen LogP contribution in [0.15, 0.2) is 29.4 Å². The summed E-state index contributed by atoms with van der Waals surface area (Å²) < 4.78 is 5.04. The maximum absolute atomic E-state index is 9.54. The average molecular weight is 236 g/mol. The molecule has 0 unspecified atom stereocenters. The van der Waals surface area contributed by atoms with E-state index in [9.17, 15) is 5.11 Å². The first-order valence-electron chi connectivity index (χ1n) is 5.25. The molecule has 6 heteroatoms. The third-order valence-corrected chi connectivity index (χ3v) is 2.43. The van der Waals surface area contributed by atoms with Gasteiger partial charge in [-0.1, -0.05) is 17.2 Å². The monoisotopic (exact) mass is 236 g/mol. The zero-order valence-electron chi connectivity index (χ0n) is 9.65. The minimum Gasteiger partial charge on any atom is -0.497 e. The van der Waals surface area contributed by atoms with E-state index in [2.05, 4.69) is 10.0 Å². The van der Waals surface area contributed by atoms with Gasteiger partial charge < -0.3 is 15.6 Å². The summed E-state index contributed by atoms with van der Waals surface area (Å²) in [5, 5.41) is 12.8. The van der Waals surface area contributed by atoms with Crippen LogP contribution < -0.4 is 10.5 Å². The highest BCUT2D eigenvalue weighted by Crippen LogP contribution is 2.19. The lowest BCUT2D eigenvalue weighted by Crippen LogP contribution is -2.20. The maximum atomic E-state index is 9.54. The summed E-state index contributed by atoms with van der Waals surface area (Å²) in [6.07, 6.45) is -0.367. The Morgan fingerprint density at radius 3 is 2.65 bits per heavy atom. The fraction of sp³-hybridized carbons (Fsp3) is 0.455. The van der Waals surface area contributed by atoms with E-state index in [4.69, 9.17) is 16.0 Å². The molecule has 1 aromatic rings. The first kappa shape index (κ1) is 13.3. The quantitative estimate of drug-likeness (QED) is 0.446. The Hall–Kier alpha value is -1.75. The molecular weight excluding hydrogens is 220 g/mol. The predicted molar refractivity (Wildman–Crippen MR) is 64.6 cm³/mol. The number of hydrogen-bond acceptors (Lipinski definition) is 4. The summed E-state index contributed by atoms with van der Waals surface area (Å²) in [5.74, 6) is 0.760. The highest BCUT2D eigenvalue weighted by atomic mass is 16.5. The van der Waals surface area contributed by atoms with Gasteiger partial charge in [0.1, 0.15) is 5.75 Å². The molecule has 0 fully saturated rings. The van der Waals surface area contributed by atoms with Gasteiger partial charge in [-0.05, 0) is 29.6 Å². The molecule has 6 nitrogen and oxygen atoms in total. The summed E-state index contributed by atoms with van der Waals surface area (Å²) in [6, 6.07) is 7.04. The van der Waals surface area contributed by atoms with Gasteiger partial charge in [-0.25, -0.2) is 0 Å². The molecule has 0 saturated heterocycles. The normalized spacial score (nSPS) is 13.6. The van der Waals surface area contributed by atoms with Gasteiger partial charge in [-0.3, -0.25) is 0 Å². The maximum Gasteiger partial charge on any atom is 0.118 e. The molecule has 3 N–H and O–H groups in total. The van der Waals surface area contributed by atoms with Gasteiger partial charge in [0.15, 0.2) is 0 Å². The third kappa shape index (κ3) is 4.32.